The summed E-state index contributed by atoms with van der Waals surface area (Å²) in [4.78, 5) is 4.24. The van der Waals surface area contributed by atoms with Crippen molar-refractivity contribution in [1.29, 1.82) is 0 Å². The fourth-order valence-electron chi connectivity index (χ4n) is 1.95. The number of aryl methyl sites for hydroxylation is 1. The minimum absolute atomic E-state index is 0.109. The van der Waals surface area contributed by atoms with Crippen molar-refractivity contribution in [2.24, 2.45) is 7.05 Å². The average Bonchev–Trinajstić information content (AvgIpc) is 2.93. The van der Waals surface area contributed by atoms with Gasteiger partial charge in [0, 0.05) is 24.2 Å². The van der Waals surface area contributed by atoms with E-state index in [-0.39, 0.29) is 16.7 Å². The molecule has 0 atom stereocenters. The van der Waals surface area contributed by atoms with Crippen LogP contribution in [0.3, 0.4) is 0 Å². The Balaban J connectivity index is 2.19. The molecule has 4 nitrogen and oxygen atoms in total. The Morgan fingerprint density at radius 2 is 2.00 bits per heavy atom. The maximum Gasteiger partial charge on any atom is 0.446 e. The topological polar surface area (TPSA) is 35.6 Å². The molecule has 104 valence electrons. The lowest BCUT2D eigenvalue weighted by Gasteiger charge is -2.08. The number of para-hydroxylation sites is 1. The standard InChI is InChI=1S/C12H9F3N4S/c1-18-6-5-10(17-18)19-7-16-8-3-2-4-9(11(8)19)20-12(13,14)15/h2-7H,1H3. The molecule has 0 fully saturated rings. The fraction of sp³-hybridized carbons (Fsp3) is 0.167. The highest BCUT2D eigenvalue weighted by molar-refractivity contribution is 8.00. The molecule has 0 aliphatic rings. The number of nitrogens with zero attached hydrogens (tertiary/aromatic N) is 4. The zero-order valence-corrected chi connectivity index (χ0v) is 11.1. The van der Waals surface area contributed by atoms with Gasteiger partial charge in [0.2, 0.25) is 0 Å². The van der Waals surface area contributed by atoms with E-state index in [1.54, 1.807) is 40.7 Å². The first kappa shape index (κ1) is 13.0. The van der Waals surface area contributed by atoms with E-state index in [0.29, 0.717) is 16.9 Å². The molecule has 0 amide bonds. The molecule has 0 saturated heterocycles. The number of hydrogen-bond acceptors (Lipinski definition) is 3. The predicted octanol–water partition coefficient (Wildman–Crippen LogP) is 3.37. The SMILES string of the molecule is Cn1ccc(-n2cnc3cccc(SC(F)(F)F)c32)n1. The quantitative estimate of drug-likeness (QED) is 0.680. The first-order valence-corrected chi connectivity index (χ1v) is 6.47. The second-order valence-electron chi connectivity index (χ2n) is 4.13. The molecule has 0 N–H and O–H groups in total. The van der Waals surface area contributed by atoms with Gasteiger partial charge < -0.3 is 0 Å². The van der Waals surface area contributed by atoms with Crippen LogP contribution in [0.4, 0.5) is 13.2 Å². The number of hydrogen-bond donors (Lipinski definition) is 0. The largest absolute Gasteiger partial charge is 0.446 e. The van der Waals surface area contributed by atoms with Crippen LogP contribution in [0.5, 0.6) is 0 Å². The summed E-state index contributed by atoms with van der Waals surface area (Å²) in [7, 11) is 1.74. The lowest BCUT2D eigenvalue weighted by molar-refractivity contribution is -0.0327. The Morgan fingerprint density at radius 3 is 2.65 bits per heavy atom. The smallest absolute Gasteiger partial charge is 0.280 e. The van der Waals surface area contributed by atoms with E-state index in [2.05, 4.69) is 10.1 Å². The molecule has 1 aromatic carbocycles. The molecule has 3 aromatic rings. The number of aromatic nitrogens is 4. The van der Waals surface area contributed by atoms with Crippen LogP contribution < -0.4 is 0 Å². The van der Waals surface area contributed by atoms with Crippen LogP contribution in [-0.2, 0) is 7.05 Å². The number of benzene rings is 1. The number of halogens is 3. The highest BCUT2D eigenvalue weighted by Gasteiger charge is 2.31. The van der Waals surface area contributed by atoms with Crippen LogP contribution in [0.1, 0.15) is 0 Å². The third-order valence-electron chi connectivity index (χ3n) is 2.70. The van der Waals surface area contributed by atoms with E-state index in [0.717, 1.165) is 0 Å². The van der Waals surface area contributed by atoms with Crippen molar-refractivity contribution in [3.63, 3.8) is 0 Å². The molecule has 0 aliphatic heterocycles. The Morgan fingerprint density at radius 1 is 1.20 bits per heavy atom. The fourth-order valence-corrected chi connectivity index (χ4v) is 2.64. The molecule has 2 aromatic heterocycles. The van der Waals surface area contributed by atoms with Gasteiger partial charge in [0.25, 0.3) is 0 Å². The van der Waals surface area contributed by atoms with Crippen LogP contribution in [0, 0.1) is 0 Å². The van der Waals surface area contributed by atoms with Crippen LogP contribution >= 0.6 is 11.8 Å². The Kier molecular flexibility index (Phi) is 2.97. The number of thioether (sulfide) groups is 1. The summed E-state index contributed by atoms with van der Waals surface area (Å²) in [6.45, 7) is 0. The van der Waals surface area contributed by atoms with E-state index in [1.165, 1.54) is 12.4 Å². The Labute approximate surface area is 116 Å². The molecule has 0 unspecified atom stereocenters. The van der Waals surface area contributed by atoms with Crippen LogP contribution in [-0.4, -0.2) is 24.8 Å². The summed E-state index contributed by atoms with van der Waals surface area (Å²) >= 11 is -0.145. The van der Waals surface area contributed by atoms with Crippen LogP contribution in [0.2, 0.25) is 0 Å². The van der Waals surface area contributed by atoms with E-state index >= 15 is 0 Å². The van der Waals surface area contributed by atoms with E-state index < -0.39 is 5.51 Å². The normalized spacial score (nSPS) is 12.2. The summed E-state index contributed by atoms with van der Waals surface area (Å²) in [6, 6.07) is 6.39. The van der Waals surface area contributed by atoms with Crippen molar-refractivity contribution in [2.45, 2.75) is 10.4 Å². The van der Waals surface area contributed by atoms with Gasteiger partial charge in [-0.1, -0.05) is 6.07 Å². The summed E-state index contributed by atoms with van der Waals surface area (Å²) in [5.74, 6) is 0.533. The first-order chi connectivity index (χ1) is 9.44. The molecule has 0 saturated carbocycles. The Bertz CT molecular complexity index is 759. The van der Waals surface area contributed by atoms with Gasteiger partial charge in [-0.15, -0.1) is 0 Å². The highest BCUT2D eigenvalue weighted by Crippen LogP contribution is 2.40. The zero-order valence-electron chi connectivity index (χ0n) is 10.3. The number of fused-ring (bicyclic) bond motifs is 1. The summed E-state index contributed by atoms with van der Waals surface area (Å²) in [5.41, 5.74) is -3.42. The van der Waals surface area contributed by atoms with Gasteiger partial charge in [0.15, 0.2) is 5.82 Å². The van der Waals surface area contributed by atoms with Gasteiger partial charge in [0.05, 0.1) is 11.0 Å². The van der Waals surface area contributed by atoms with Gasteiger partial charge in [0.1, 0.15) is 6.33 Å². The molecule has 20 heavy (non-hydrogen) atoms. The van der Waals surface area contributed by atoms with Crippen molar-refractivity contribution >= 4 is 22.8 Å². The van der Waals surface area contributed by atoms with Crippen LogP contribution in [0.25, 0.3) is 16.9 Å². The van der Waals surface area contributed by atoms with Crippen molar-refractivity contribution in [3.8, 4) is 5.82 Å². The summed E-state index contributed by atoms with van der Waals surface area (Å²) < 4.78 is 41.0. The number of imidazole rings is 1. The molecule has 2 heterocycles. The van der Waals surface area contributed by atoms with Gasteiger partial charge in [-0.05, 0) is 23.9 Å². The van der Waals surface area contributed by atoms with Gasteiger partial charge in [-0.25, -0.2) is 4.98 Å². The van der Waals surface area contributed by atoms with Crippen molar-refractivity contribution in [1.82, 2.24) is 19.3 Å². The maximum atomic E-state index is 12.6. The number of alkyl halides is 3. The van der Waals surface area contributed by atoms with Gasteiger partial charge in [-0.2, -0.15) is 18.3 Å². The van der Waals surface area contributed by atoms with E-state index in [9.17, 15) is 13.2 Å². The molecular formula is C12H9F3N4S. The van der Waals surface area contributed by atoms with Gasteiger partial charge in [-0.3, -0.25) is 9.25 Å². The maximum absolute atomic E-state index is 12.6. The summed E-state index contributed by atoms with van der Waals surface area (Å²) in [6.07, 6.45) is 3.20. The summed E-state index contributed by atoms with van der Waals surface area (Å²) in [5, 5.41) is 4.19. The lowest BCUT2D eigenvalue weighted by Crippen LogP contribution is -2.01. The van der Waals surface area contributed by atoms with E-state index in [1.807, 2.05) is 0 Å². The zero-order chi connectivity index (χ0) is 14.3. The van der Waals surface area contributed by atoms with Crippen LogP contribution in [0.15, 0.2) is 41.7 Å². The lowest BCUT2D eigenvalue weighted by atomic mass is 10.3. The van der Waals surface area contributed by atoms with Crippen molar-refractivity contribution in [2.75, 3.05) is 0 Å². The molecule has 0 spiro atoms. The third-order valence-corrected chi connectivity index (χ3v) is 3.48. The monoisotopic (exact) mass is 298 g/mol. The third kappa shape index (κ3) is 2.38. The molecule has 0 radical (unpaired) electrons. The Hall–Kier alpha value is -1.96. The van der Waals surface area contributed by atoms with Gasteiger partial charge >= 0.3 is 5.51 Å². The molecule has 3 rings (SSSR count). The second-order valence-corrected chi connectivity index (χ2v) is 5.24. The molecule has 0 aliphatic carbocycles. The number of rotatable bonds is 2. The van der Waals surface area contributed by atoms with Crippen molar-refractivity contribution in [3.05, 3.63) is 36.8 Å². The molecular weight excluding hydrogens is 289 g/mol. The second kappa shape index (κ2) is 4.55. The minimum atomic E-state index is -4.34. The average molecular weight is 298 g/mol. The first-order valence-electron chi connectivity index (χ1n) is 5.66. The minimum Gasteiger partial charge on any atom is -0.280 e. The highest BCUT2D eigenvalue weighted by atomic mass is 32.2. The van der Waals surface area contributed by atoms with Crippen molar-refractivity contribution < 1.29 is 13.2 Å². The predicted molar refractivity (Wildman–Crippen MR) is 69.7 cm³/mol. The molecule has 0 bridgehead atoms. The van der Waals surface area contributed by atoms with E-state index in [4.69, 9.17) is 0 Å². The molecule has 8 heteroatoms.